The van der Waals surface area contributed by atoms with Gasteiger partial charge in [-0.2, -0.15) is 0 Å². The van der Waals surface area contributed by atoms with Gasteiger partial charge in [-0.15, -0.1) is 0 Å². The first kappa shape index (κ1) is 14.0. The molecule has 0 aliphatic rings. The van der Waals surface area contributed by atoms with E-state index in [0.29, 0.717) is 12.1 Å². The summed E-state index contributed by atoms with van der Waals surface area (Å²) in [6.07, 6.45) is 2.00. The Kier molecular flexibility index (Phi) is 4.92. The lowest BCUT2D eigenvalue weighted by Crippen LogP contribution is -2.18. The van der Waals surface area contributed by atoms with Gasteiger partial charge in [-0.1, -0.05) is 13.3 Å². The maximum Gasteiger partial charge on any atom is 0.238 e. The number of primary sulfonamides is 1. The van der Waals surface area contributed by atoms with E-state index in [4.69, 9.17) is 5.14 Å². The van der Waals surface area contributed by atoms with Crippen molar-refractivity contribution in [3.05, 3.63) is 24.3 Å². The lowest BCUT2D eigenvalue weighted by Gasteiger charge is -2.13. The third-order valence-corrected chi connectivity index (χ3v) is 3.28. The quantitative estimate of drug-likeness (QED) is 0.670. The van der Waals surface area contributed by atoms with Crippen LogP contribution >= 0.6 is 0 Å². The van der Waals surface area contributed by atoms with Crippen molar-refractivity contribution >= 4 is 15.7 Å². The molecule has 17 heavy (non-hydrogen) atoms. The van der Waals surface area contributed by atoms with Crippen LogP contribution in [0.5, 0.6) is 0 Å². The highest BCUT2D eigenvalue weighted by molar-refractivity contribution is 7.89. The van der Waals surface area contributed by atoms with Crippen molar-refractivity contribution in [3.8, 4) is 0 Å². The fourth-order valence-electron chi connectivity index (χ4n) is 1.40. The first-order chi connectivity index (χ1) is 7.93. The Morgan fingerprint density at radius 1 is 1.35 bits per heavy atom. The number of nitrogens with two attached hydrogens (primary N) is 1. The molecule has 0 aromatic heterocycles. The summed E-state index contributed by atoms with van der Waals surface area (Å²) in [4.78, 5) is 0.0612. The third kappa shape index (κ3) is 4.72. The zero-order valence-electron chi connectivity index (χ0n) is 9.76. The van der Waals surface area contributed by atoms with Gasteiger partial charge in [-0.25, -0.2) is 13.6 Å². The predicted molar refractivity (Wildman–Crippen MR) is 67.0 cm³/mol. The lowest BCUT2D eigenvalue weighted by atomic mass is 10.2. The van der Waals surface area contributed by atoms with E-state index in [0.717, 1.165) is 12.8 Å². The first-order valence-electron chi connectivity index (χ1n) is 5.51. The second-order valence-corrected chi connectivity index (χ2v) is 5.43. The number of benzene rings is 1. The van der Waals surface area contributed by atoms with Crippen LogP contribution in [0.2, 0.25) is 0 Å². The molecule has 0 bridgehead atoms. The number of sulfonamides is 1. The molecule has 0 heterocycles. The topological polar surface area (TPSA) is 92.4 Å². The van der Waals surface area contributed by atoms with Crippen LogP contribution in [0.4, 0.5) is 5.69 Å². The van der Waals surface area contributed by atoms with Crippen LogP contribution in [0, 0.1) is 0 Å². The lowest BCUT2D eigenvalue weighted by molar-refractivity contribution is 0.190. The van der Waals surface area contributed by atoms with Crippen LogP contribution in [0.1, 0.15) is 26.2 Å². The molecule has 1 atom stereocenters. The second kappa shape index (κ2) is 6.00. The van der Waals surface area contributed by atoms with Crippen LogP contribution in [-0.4, -0.2) is 19.8 Å². The minimum atomic E-state index is -3.65. The molecule has 1 aromatic carbocycles. The number of anilines is 1. The van der Waals surface area contributed by atoms with Crippen LogP contribution < -0.4 is 10.5 Å². The van der Waals surface area contributed by atoms with Crippen molar-refractivity contribution < 1.29 is 13.5 Å². The Balaban J connectivity index is 2.63. The molecule has 4 N–H and O–H groups in total. The van der Waals surface area contributed by atoms with E-state index in [1.807, 2.05) is 6.92 Å². The summed E-state index contributed by atoms with van der Waals surface area (Å²) in [5.41, 5.74) is 0.668. The van der Waals surface area contributed by atoms with E-state index >= 15 is 0 Å². The highest BCUT2D eigenvalue weighted by Crippen LogP contribution is 2.14. The monoisotopic (exact) mass is 258 g/mol. The molecule has 0 radical (unpaired) electrons. The molecule has 1 aromatic rings. The van der Waals surface area contributed by atoms with Crippen molar-refractivity contribution in [1.82, 2.24) is 0 Å². The van der Waals surface area contributed by atoms with Crippen LogP contribution in [-0.2, 0) is 10.0 Å². The predicted octanol–water partition coefficient (Wildman–Crippen LogP) is 1.25. The van der Waals surface area contributed by atoms with Crippen LogP contribution in [0.25, 0.3) is 0 Å². The average Bonchev–Trinajstić information content (AvgIpc) is 2.26. The highest BCUT2D eigenvalue weighted by Gasteiger charge is 2.08. The van der Waals surface area contributed by atoms with Crippen LogP contribution in [0.15, 0.2) is 29.2 Å². The molecule has 0 aliphatic heterocycles. The van der Waals surface area contributed by atoms with Crippen molar-refractivity contribution in [1.29, 1.82) is 0 Å². The van der Waals surface area contributed by atoms with Crippen molar-refractivity contribution in [3.63, 3.8) is 0 Å². The third-order valence-electron chi connectivity index (χ3n) is 2.35. The van der Waals surface area contributed by atoms with Crippen molar-refractivity contribution in [2.24, 2.45) is 5.14 Å². The number of aliphatic hydroxyl groups is 1. The second-order valence-electron chi connectivity index (χ2n) is 3.87. The maximum atomic E-state index is 11.0. The van der Waals surface area contributed by atoms with Gasteiger partial charge in [-0.05, 0) is 37.1 Å². The van der Waals surface area contributed by atoms with Gasteiger partial charge >= 0.3 is 0 Å². The first-order valence-corrected chi connectivity index (χ1v) is 7.05. The van der Waals surface area contributed by atoms with Gasteiger partial charge in [0.2, 0.25) is 10.0 Å². The molecule has 1 rings (SSSR count). The Hall–Kier alpha value is -1.11. The smallest absolute Gasteiger partial charge is 0.238 e. The zero-order valence-corrected chi connectivity index (χ0v) is 10.6. The van der Waals surface area contributed by atoms with E-state index < -0.39 is 16.3 Å². The Morgan fingerprint density at radius 2 is 1.94 bits per heavy atom. The number of hydrogen-bond acceptors (Lipinski definition) is 4. The molecule has 0 fully saturated rings. The van der Waals surface area contributed by atoms with Crippen molar-refractivity contribution in [2.75, 3.05) is 5.32 Å². The van der Waals surface area contributed by atoms with Gasteiger partial charge in [0.05, 0.1) is 4.90 Å². The number of rotatable bonds is 6. The molecule has 6 heteroatoms. The SMILES string of the molecule is CCCCC(O)Nc1ccc(S(N)(=O)=O)cc1. The standard InChI is InChI=1S/C11H18N2O3S/c1-2-3-4-11(14)13-9-5-7-10(8-6-9)17(12,15)16/h5-8,11,13-14H,2-4H2,1H3,(H2,12,15,16). The number of hydrogen-bond donors (Lipinski definition) is 3. The van der Waals surface area contributed by atoms with E-state index in [-0.39, 0.29) is 4.90 Å². The van der Waals surface area contributed by atoms with E-state index in [1.54, 1.807) is 12.1 Å². The van der Waals surface area contributed by atoms with Crippen molar-refractivity contribution in [2.45, 2.75) is 37.3 Å². The molecule has 0 spiro atoms. The Labute approximate surface area is 102 Å². The van der Waals surface area contributed by atoms with Gasteiger partial charge < -0.3 is 10.4 Å². The molecule has 0 saturated heterocycles. The number of nitrogens with one attached hydrogen (secondary N) is 1. The normalized spacial score (nSPS) is 13.4. The number of unbranched alkanes of at least 4 members (excludes halogenated alkanes) is 1. The van der Waals surface area contributed by atoms with E-state index in [1.165, 1.54) is 12.1 Å². The molecular formula is C11H18N2O3S. The molecule has 0 saturated carbocycles. The average molecular weight is 258 g/mol. The molecule has 96 valence electrons. The van der Waals surface area contributed by atoms with Gasteiger partial charge in [0, 0.05) is 5.69 Å². The molecule has 0 aliphatic carbocycles. The van der Waals surface area contributed by atoms with E-state index in [2.05, 4.69) is 5.32 Å². The summed E-state index contributed by atoms with van der Waals surface area (Å²) in [6, 6.07) is 5.97. The summed E-state index contributed by atoms with van der Waals surface area (Å²) in [7, 11) is -3.65. The largest absolute Gasteiger partial charge is 0.374 e. The van der Waals surface area contributed by atoms with Gasteiger partial charge in [0.15, 0.2) is 0 Å². The molecule has 0 amide bonds. The van der Waals surface area contributed by atoms with Gasteiger partial charge in [0.25, 0.3) is 0 Å². The fraction of sp³-hybridized carbons (Fsp3) is 0.455. The van der Waals surface area contributed by atoms with Gasteiger partial charge in [0.1, 0.15) is 6.23 Å². The Bertz CT molecular complexity index is 442. The summed E-state index contributed by atoms with van der Waals surface area (Å²) >= 11 is 0. The minimum Gasteiger partial charge on any atom is -0.374 e. The van der Waals surface area contributed by atoms with Crippen LogP contribution in [0.3, 0.4) is 0 Å². The summed E-state index contributed by atoms with van der Waals surface area (Å²) in [5.74, 6) is 0. The summed E-state index contributed by atoms with van der Waals surface area (Å²) in [5, 5.41) is 17.5. The maximum absolute atomic E-state index is 11.0. The van der Waals surface area contributed by atoms with Gasteiger partial charge in [-0.3, -0.25) is 0 Å². The zero-order chi connectivity index (χ0) is 12.9. The number of aliphatic hydroxyl groups excluding tert-OH is 1. The Morgan fingerprint density at radius 3 is 2.41 bits per heavy atom. The van der Waals surface area contributed by atoms with E-state index in [9.17, 15) is 13.5 Å². The molecular weight excluding hydrogens is 240 g/mol. The fourth-order valence-corrected chi connectivity index (χ4v) is 1.92. The molecule has 1 unspecified atom stereocenters. The summed E-state index contributed by atoms with van der Waals surface area (Å²) < 4.78 is 22.0. The summed E-state index contributed by atoms with van der Waals surface area (Å²) in [6.45, 7) is 2.05. The minimum absolute atomic E-state index is 0.0612. The molecule has 5 nitrogen and oxygen atoms in total. The highest BCUT2D eigenvalue weighted by atomic mass is 32.2.